The first-order valence-corrected chi connectivity index (χ1v) is 8.20. The van der Waals surface area contributed by atoms with Gasteiger partial charge in [0.15, 0.2) is 0 Å². The lowest BCUT2D eigenvalue weighted by molar-refractivity contribution is 0.172. The maximum Gasteiger partial charge on any atom is 0.338 e. The van der Waals surface area contributed by atoms with Crippen molar-refractivity contribution in [2.75, 3.05) is 6.61 Å². The van der Waals surface area contributed by atoms with E-state index < -0.39 is 8.56 Å². The second-order valence-electron chi connectivity index (χ2n) is 3.11. The van der Waals surface area contributed by atoms with Gasteiger partial charge in [0.05, 0.1) is 0 Å². The van der Waals surface area contributed by atoms with Crippen LogP contribution in [0.15, 0.2) is 0 Å². The van der Waals surface area contributed by atoms with Gasteiger partial charge in [-0.1, -0.05) is 36.2 Å². The van der Waals surface area contributed by atoms with E-state index in [4.69, 9.17) is 8.85 Å². The van der Waals surface area contributed by atoms with Gasteiger partial charge in [-0.2, -0.15) is 0 Å². The van der Waals surface area contributed by atoms with E-state index in [2.05, 4.69) is 29.8 Å². The molecule has 0 saturated heterocycles. The van der Waals surface area contributed by atoms with E-state index in [-0.39, 0.29) is 5.01 Å². The number of rotatable bonds is 7. The first kappa shape index (κ1) is 13.6. The standard InChI is InChI=1S/C9H21BrO2Si/c1-5-8-13(7-3,11-6-2)12-9(4)10/h9H,5-8H2,1-4H3. The molecule has 13 heavy (non-hydrogen) atoms. The molecule has 0 aromatic carbocycles. The minimum absolute atomic E-state index is 0.109. The third-order valence-corrected chi connectivity index (χ3v) is 6.42. The van der Waals surface area contributed by atoms with Crippen LogP contribution in [0.25, 0.3) is 0 Å². The van der Waals surface area contributed by atoms with E-state index in [1.165, 1.54) is 0 Å². The van der Waals surface area contributed by atoms with Gasteiger partial charge >= 0.3 is 8.56 Å². The molecule has 0 rings (SSSR count). The second kappa shape index (κ2) is 6.98. The Hall–Kier alpha value is 0.617. The third kappa shape index (κ3) is 5.15. The highest BCUT2D eigenvalue weighted by Gasteiger charge is 2.35. The molecule has 2 unspecified atom stereocenters. The average molecular weight is 269 g/mol. The monoisotopic (exact) mass is 268 g/mol. The largest absolute Gasteiger partial charge is 0.394 e. The summed E-state index contributed by atoms with van der Waals surface area (Å²) in [5, 5.41) is 0.109. The van der Waals surface area contributed by atoms with Gasteiger partial charge in [0.25, 0.3) is 0 Å². The highest BCUT2D eigenvalue weighted by molar-refractivity contribution is 9.09. The first-order chi connectivity index (χ1) is 6.10. The smallest absolute Gasteiger partial charge is 0.338 e. The van der Waals surface area contributed by atoms with Crippen LogP contribution in [0.2, 0.25) is 12.1 Å². The quantitative estimate of drug-likeness (QED) is 0.519. The molecule has 0 amide bonds. The predicted molar refractivity (Wildman–Crippen MR) is 62.4 cm³/mol. The highest BCUT2D eigenvalue weighted by atomic mass is 79.9. The molecular formula is C9H21BrO2Si. The van der Waals surface area contributed by atoms with Crippen LogP contribution in [0.3, 0.4) is 0 Å². The topological polar surface area (TPSA) is 18.5 Å². The molecule has 0 spiro atoms. The van der Waals surface area contributed by atoms with E-state index in [9.17, 15) is 0 Å². The molecule has 2 atom stereocenters. The van der Waals surface area contributed by atoms with Crippen molar-refractivity contribution in [1.82, 2.24) is 0 Å². The Morgan fingerprint density at radius 2 is 1.92 bits per heavy atom. The minimum Gasteiger partial charge on any atom is -0.394 e. The lowest BCUT2D eigenvalue weighted by atomic mass is 10.6. The van der Waals surface area contributed by atoms with Gasteiger partial charge in [-0.05, 0) is 25.9 Å². The van der Waals surface area contributed by atoms with Crippen molar-refractivity contribution >= 4 is 24.5 Å². The molecular weight excluding hydrogens is 248 g/mol. The fraction of sp³-hybridized carbons (Fsp3) is 1.00. The summed E-state index contributed by atoms with van der Waals surface area (Å²) in [6.45, 7) is 9.15. The number of hydrogen-bond donors (Lipinski definition) is 0. The molecule has 0 N–H and O–H groups in total. The van der Waals surface area contributed by atoms with Crippen molar-refractivity contribution in [3.63, 3.8) is 0 Å². The maximum atomic E-state index is 5.90. The van der Waals surface area contributed by atoms with Gasteiger partial charge in [-0.3, -0.25) is 0 Å². The van der Waals surface area contributed by atoms with Gasteiger partial charge in [-0.15, -0.1) is 0 Å². The SMILES string of the molecule is CCC[Si](CC)(OCC)OC(C)Br. The number of halogens is 1. The summed E-state index contributed by atoms with van der Waals surface area (Å²) >= 11 is 3.42. The van der Waals surface area contributed by atoms with Crippen molar-refractivity contribution in [3.05, 3.63) is 0 Å². The lowest BCUT2D eigenvalue weighted by Gasteiger charge is -2.30. The summed E-state index contributed by atoms with van der Waals surface area (Å²) < 4.78 is 11.7. The number of hydrogen-bond acceptors (Lipinski definition) is 2. The molecule has 80 valence electrons. The normalized spacial score (nSPS) is 18.2. The molecule has 0 radical (unpaired) electrons. The summed E-state index contributed by atoms with van der Waals surface area (Å²) in [6.07, 6.45) is 1.14. The molecule has 0 aromatic rings. The molecule has 0 saturated carbocycles. The molecule has 0 aliphatic carbocycles. The fourth-order valence-electron chi connectivity index (χ4n) is 1.47. The predicted octanol–water partition coefficient (Wildman–Crippen LogP) is 3.65. The zero-order valence-corrected chi connectivity index (χ0v) is 11.7. The van der Waals surface area contributed by atoms with Crippen molar-refractivity contribution in [3.8, 4) is 0 Å². The maximum absolute atomic E-state index is 5.90. The first-order valence-electron chi connectivity index (χ1n) is 5.06. The molecule has 0 bridgehead atoms. The molecule has 0 aliphatic heterocycles. The van der Waals surface area contributed by atoms with Gasteiger partial charge in [-0.25, -0.2) is 0 Å². The van der Waals surface area contributed by atoms with Crippen LogP contribution in [0.4, 0.5) is 0 Å². The van der Waals surface area contributed by atoms with Crippen molar-refractivity contribution < 1.29 is 8.85 Å². The summed E-state index contributed by atoms with van der Waals surface area (Å²) in [5.74, 6) is 0. The molecule has 2 nitrogen and oxygen atoms in total. The Morgan fingerprint density at radius 1 is 1.31 bits per heavy atom. The molecule has 0 heterocycles. The Labute approximate surface area is 91.4 Å². The van der Waals surface area contributed by atoms with Crippen LogP contribution in [0.5, 0.6) is 0 Å². The van der Waals surface area contributed by atoms with Crippen LogP contribution in [-0.4, -0.2) is 20.2 Å². The van der Waals surface area contributed by atoms with E-state index in [1.807, 2.05) is 13.8 Å². The third-order valence-electron chi connectivity index (χ3n) is 1.95. The van der Waals surface area contributed by atoms with E-state index in [1.54, 1.807) is 0 Å². The Kier molecular flexibility index (Phi) is 7.31. The summed E-state index contributed by atoms with van der Waals surface area (Å²) in [5.41, 5.74) is 0. The average Bonchev–Trinajstić information content (AvgIpc) is 2.04. The van der Waals surface area contributed by atoms with Crippen LogP contribution in [-0.2, 0) is 8.85 Å². The van der Waals surface area contributed by atoms with E-state index in [0.717, 1.165) is 25.1 Å². The van der Waals surface area contributed by atoms with E-state index >= 15 is 0 Å². The summed E-state index contributed by atoms with van der Waals surface area (Å²) in [6, 6.07) is 2.12. The van der Waals surface area contributed by atoms with Crippen LogP contribution in [0, 0.1) is 0 Å². The van der Waals surface area contributed by atoms with Crippen LogP contribution < -0.4 is 0 Å². The Bertz CT molecular complexity index is 125. The van der Waals surface area contributed by atoms with Crippen LogP contribution in [0.1, 0.15) is 34.1 Å². The van der Waals surface area contributed by atoms with Gasteiger partial charge in [0.2, 0.25) is 0 Å². The molecule has 0 aliphatic rings. The van der Waals surface area contributed by atoms with Gasteiger partial charge in [0.1, 0.15) is 5.01 Å². The second-order valence-corrected chi connectivity index (χ2v) is 7.95. The van der Waals surface area contributed by atoms with E-state index in [0.29, 0.717) is 0 Å². The summed E-state index contributed by atoms with van der Waals surface area (Å²) in [4.78, 5) is 0. The number of alkyl halides is 1. The Morgan fingerprint density at radius 3 is 2.23 bits per heavy atom. The zero-order chi connectivity index (χ0) is 10.3. The lowest BCUT2D eigenvalue weighted by Crippen LogP contribution is -2.42. The van der Waals surface area contributed by atoms with Crippen LogP contribution >= 0.6 is 15.9 Å². The molecule has 0 aromatic heterocycles. The highest BCUT2D eigenvalue weighted by Crippen LogP contribution is 2.23. The minimum atomic E-state index is -1.88. The summed E-state index contributed by atoms with van der Waals surface area (Å²) in [7, 11) is -1.88. The zero-order valence-electron chi connectivity index (χ0n) is 9.10. The van der Waals surface area contributed by atoms with Gasteiger partial charge < -0.3 is 8.85 Å². The van der Waals surface area contributed by atoms with Crippen molar-refractivity contribution in [2.45, 2.75) is 51.2 Å². The van der Waals surface area contributed by atoms with Crippen molar-refractivity contribution in [1.29, 1.82) is 0 Å². The molecule has 0 fully saturated rings. The fourth-order valence-corrected chi connectivity index (χ4v) is 5.42. The molecule has 4 heteroatoms. The van der Waals surface area contributed by atoms with Crippen molar-refractivity contribution in [2.24, 2.45) is 0 Å². The van der Waals surface area contributed by atoms with Gasteiger partial charge in [0, 0.05) is 6.61 Å². The Balaban J connectivity index is 4.24.